The molecule has 4 heterocycles. The lowest BCUT2D eigenvalue weighted by atomic mass is 10.3. The maximum atomic E-state index is 5.25. The lowest BCUT2D eigenvalue weighted by molar-refractivity contribution is 0.381. The van der Waals surface area contributed by atoms with Crippen molar-refractivity contribution in [1.82, 2.24) is 39.9 Å². The molecule has 0 saturated carbocycles. The molecule has 0 amide bonds. The van der Waals surface area contributed by atoms with Crippen LogP contribution in [0.4, 0.5) is 5.95 Å². The summed E-state index contributed by atoms with van der Waals surface area (Å²) in [5.74, 6) is 2.16. The second kappa shape index (κ2) is 7.05. The van der Waals surface area contributed by atoms with E-state index < -0.39 is 0 Å². The molecule has 0 unspecified atom stereocenters. The minimum atomic E-state index is 0.473. The van der Waals surface area contributed by atoms with Crippen LogP contribution in [0.2, 0.25) is 0 Å². The van der Waals surface area contributed by atoms with Crippen LogP contribution in [0.1, 0.15) is 5.89 Å². The Kier molecular flexibility index (Phi) is 4.29. The summed E-state index contributed by atoms with van der Waals surface area (Å²) < 4.78 is 6.91. The van der Waals surface area contributed by atoms with E-state index in [1.807, 2.05) is 25.2 Å². The summed E-state index contributed by atoms with van der Waals surface area (Å²) in [6.45, 7) is 0.548. The van der Waals surface area contributed by atoms with Gasteiger partial charge in [0.1, 0.15) is 17.7 Å². The van der Waals surface area contributed by atoms with Crippen LogP contribution in [0.25, 0.3) is 23.0 Å². The zero-order valence-corrected chi connectivity index (χ0v) is 13.9. The minimum Gasteiger partial charge on any atom is -0.354 e. The van der Waals surface area contributed by atoms with E-state index >= 15 is 0 Å². The van der Waals surface area contributed by atoms with Crippen LogP contribution >= 0.6 is 0 Å². The van der Waals surface area contributed by atoms with Crippen molar-refractivity contribution >= 4 is 5.95 Å². The molecule has 4 aromatic heterocycles. The van der Waals surface area contributed by atoms with Gasteiger partial charge in [-0.05, 0) is 18.2 Å². The van der Waals surface area contributed by atoms with Gasteiger partial charge in [0, 0.05) is 32.4 Å². The van der Waals surface area contributed by atoms with Crippen molar-refractivity contribution < 1.29 is 4.52 Å². The predicted molar refractivity (Wildman–Crippen MR) is 91.8 cm³/mol. The Morgan fingerprint density at radius 1 is 1.04 bits per heavy atom. The Labute approximate surface area is 148 Å². The molecule has 1 N–H and O–H groups in total. The largest absolute Gasteiger partial charge is 0.354 e. The lowest BCUT2D eigenvalue weighted by Gasteiger charge is -2.04. The van der Waals surface area contributed by atoms with Gasteiger partial charge in [-0.1, -0.05) is 11.2 Å². The Bertz CT molecular complexity index is 996. The van der Waals surface area contributed by atoms with Crippen molar-refractivity contribution in [2.24, 2.45) is 7.05 Å². The smallest absolute Gasteiger partial charge is 0.228 e. The first-order chi connectivity index (χ1) is 12.8. The molecular formula is C16H15N9O. The van der Waals surface area contributed by atoms with Crippen molar-refractivity contribution in [3.05, 3.63) is 48.9 Å². The van der Waals surface area contributed by atoms with Gasteiger partial charge in [0.05, 0.1) is 0 Å². The Morgan fingerprint density at radius 2 is 2.00 bits per heavy atom. The highest BCUT2D eigenvalue weighted by atomic mass is 16.5. The summed E-state index contributed by atoms with van der Waals surface area (Å²) in [6.07, 6.45) is 5.39. The first-order valence-corrected chi connectivity index (χ1v) is 7.95. The second-order valence-electron chi connectivity index (χ2n) is 5.38. The first-order valence-electron chi connectivity index (χ1n) is 7.95. The molecule has 0 atom stereocenters. The average molecular weight is 349 g/mol. The molecule has 0 aliphatic carbocycles. The van der Waals surface area contributed by atoms with E-state index in [4.69, 9.17) is 4.52 Å². The molecule has 4 aromatic rings. The molecule has 0 aromatic carbocycles. The van der Waals surface area contributed by atoms with Crippen LogP contribution in [0.15, 0.2) is 47.5 Å². The van der Waals surface area contributed by atoms with E-state index in [9.17, 15) is 0 Å². The Hall–Kier alpha value is -3.69. The lowest BCUT2D eigenvalue weighted by Crippen LogP contribution is -2.09. The van der Waals surface area contributed by atoms with Gasteiger partial charge >= 0.3 is 0 Å². The van der Waals surface area contributed by atoms with E-state index in [2.05, 4.69) is 40.5 Å². The molecule has 0 saturated heterocycles. The minimum absolute atomic E-state index is 0.473. The quantitative estimate of drug-likeness (QED) is 0.550. The van der Waals surface area contributed by atoms with Crippen molar-refractivity contribution in [3.63, 3.8) is 0 Å². The number of anilines is 1. The standard InChI is InChI=1S/C16H15N9O/c1-25-15(20-10-21-25)12-5-8-18-16(22-12)19-9-6-13-23-14(24-26-13)11-4-2-3-7-17-11/h2-5,7-8,10H,6,9H2,1H3,(H,18,19,22). The Balaban J connectivity index is 1.38. The number of hydrogen-bond donors (Lipinski definition) is 1. The first kappa shape index (κ1) is 15.8. The third-order valence-electron chi connectivity index (χ3n) is 3.58. The zero-order chi connectivity index (χ0) is 17.8. The molecule has 0 aliphatic heterocycles. The van der Waals surface area contributed by atoms with Gasteiger partial charge in [-0.15, -0.1) is 0 Å². The number of hydrogen-bond acceptors (Lipinski definition) is 9. The SMILES string of the molecule is Cn1ncnc1-c1ccnc(NCCc2nc(-c3ccccn3)no2)n1. The van der Waals surface area contributed by atoms with Crippen molar-refractivity contribution in [1.29, 1.82) is 0 Å². The molecule has 0 spiro atoms. The van der Waals surface area contributed by atoms with Gasteiger partial charge in [0.25, 0.3) is 0 Å². The van der Waals surface area contributed by atoms with Crippen molar-refractivity contribution in [2.45, 2.75) is 6.42 Å². The molecule has 130 valence electrons. The molecule has 0 fully saturated rings. The van der Waals surface area contributed by atoms with Crippen LogP contribution in [0.3, 0.4) is 0 Å². The fourth-order valence-corrected chi connectivity index (χ4v) is 2.33. The topological polar surface area (TPSA) is 120 Å². The molecular weight excluding hydrogens is 334 g/mol. The normalized spacial score (nSPS) is 10.8. The predicted octanol–water partition coefficient (Wildman–Crippen LogP) is 1.37. The molecule has 0 aliphatic rings. The fourth-order valence-electron chi connectivity index (χ4n) is 2.33. The number of nitrogens with zero attached hydrogens (tertiary/aromatic N) is 8. The van der Waals surface area contributed by atoms with Gasteiger partial charge in [-0.3, -0.25) is 4.98 Å². The summed E-state index contributed by atoms with van der Waals surface area (Å²) in [7, 11) is 1.81. The monoisotopic (exact) mass is 349 g/mol. The van der Waals surface area contributed by atoms with E-state index in [1.165, 1.54) is 6.33 Å². The van der Waals surface area contributed by atoms with Gasteiger partial charge in [-0.2, -0.15) is 10.1 Å². The van der Waals surface area contributed by atoms with Gasteiger partial charge in [0.15, 0.2) is 5.82 Å². The maximum Gasteiger partial charge on any atom is 0.228 e. The third-order valence-corrected chi connectivity index (χ3v) is 3.58. The summed E-state index contributed by atoms with van der Waals surface area (Å²) in [4.78, 5) is 21.4. The molecule has 10 nitrogen and oxygen atoms in total. The molecule has 0 bridgehead atoms. The van der Waals surface area contributed by atoms with Crippen LogP contribution in [-0.4, -0.2) is 46.4 Å². The fraction of sp³-hybridized carbons (Fsp3) is 0.188. The maximum absolute atomic E-state index is 5.25. The number of aromatic nitrogens is 8. The molecule has 10 heteroatoms. The Morgan fingerprint density at radius 3 is 2.81 bits per heavy atom. The van der Waals surface area contributed by atoms with Crippen LogP contribution < -0.4 is 5.32 Å². The van der Waals surface area contributed by atoms with Gasteiger partial charge in [-0.25, -0.2) is 19.6 Å². The number of aryl methyl sites for hydroxylation is 1. The summed E-state index contributed by atoms with van der Waals surface area (Å²) in [6, 6.07) is 7.33. The second-order valence-corrected chi connectivity index (χ2v) is 5.38. The number of nitrogens with one attached hydrogen (secondary N) is 1. The van der Waals surface area contributed by atoms with Gasteiger partial charge < -0.3 is 9.84 Å². The van der Waals surface area contributed by atoms with Crippen molar-refractivity contribution in [3.8, 4) is 23.0 Å². The van der Waals surface area contributed by atoms with Crippen molar-refractivity contribution in [2.75, 3.05) is 11.9 Å². The molecule has 26 heavy (non-hydrogen) atoms. The van der Waals surface area contributed by atoms with E-state index in [1.54, 1.807) is 23.1 Å². The highest BCUT2D eigenvalue weighted by Crippen LogP contribution is 2.14. The van der Waals surface area contributed by atoms with E-state index in [0.29, 0.717) is 47.8 Å². The summed E-state index contributed by atoms with van der Waals surface area (Å²) in [5, 5.41) is 11.1. The van der Waals surface area contributed by atoms with Crippen LogP contribution in [0, 0.1) is 0 Å². The highest BCUT2D eigenvalue weighted by molar-refractivity contribution is 5.50. The average Bonchev–Trinajstić information content (AvgIpc) is 3.32. The van der Waals surface area contributed by atoms with Gasteiger partial charge in [0.2, 0.25) is 17.7 Å². The third kappa shape index (κ3) is 3.38. The number of rotatable bonds is 6. The number of pyridine rings is 1. The van der Waals surface area contributed by atoms with E-state index in [-0.39, 0.29) is 0 Å². The van der Waals surface area contributed by atoms with E-state index in [0.717, 1.165) is 0 Å². The highest BCUT2D eigenvalue weighted by Gasteiger charge is 2.10. The van der Waals surface area contributed by atoms with Crippen LogP contribution in [0.5, 0.6) is 0 Å². The van der Waals surface area contributed by atoms with Crippen LogP contribution in [-0.2, 0) is 13.5 Å². The summed E-state index contributed by atoms with van der Waals surface area (Å²) >= 11 is 0. The zero-order valence-electron chi connectivity index (χ0n) is 13.9. The summed E-state index contributed by atoms with van der Waals surface area (Å²) in [5.41, 5.74) is 1.37. The molecule has 4 rings (SSSR count). The molecule has 0 radical (unpaired) electrons.